The molecular formula is C15H21BrN2O. The van der Waals surface area contributed by atoms with Crippen molar-refractivity contribution in [3.8, 4) is 11.8 Å². The zero-order chi connectivity index (χ0) is 14.3. The molecule has 0 fully saturated rings. The van der Waals surface area contributed by atoms with Crippen molar-refractivity contribution in [3.63, 3.8) is 0 Å². The van der Waals surface area contributed by atoms with Gasteiger partial charge in [0.2, 0.25) is 0 Å². The number of ether oxygens (including phenoxy) is 1. The molecule has 19 heavy (non-hydrogen) atoms. The van der Waals surface area contributed by atoms with Crippen molar-refractivity contribution in [1.29, 1.82) is 5.26 Å². The molecular weight excluding hydrogens is 304 g/mol. The molecule has 3 nitrogen and oxygen atoms in total. The van der Waals surface area contributed by atoms with Gasteiger partial charge < -0.3 is 10.5 Å². The fourth-order valence-corrected chi connectivity index (χ4v) is 2.28. The molecule has 0 atom stereocenters. The van der Waals surface area contributed by atoms with E-state index in [1.807, 2.05) is 32.0 Å². The van der Waals surface area contributed by atoms with Gasteiger partial charge in [0.05, 0.1) is 22.6 Å². The van der Waals surface area contributed by atoms with E-state index in [0.717, 1.165) is 29.5 Å². The minimum atomic E-state index is -0.272. The molecule has 1 aromatic carbocycles. The average molecular weight is 325 g/mol. The van der Waals surface area contributed by atoms with Gasteiger partial charge in [-0.05, 0) is 73.3 Å². The largest absolute Gasteiger partial charge is 0.492 e. The van der Waals surface area contributed by atoms with Crippen LogP contribution in [-0.2, 0) is 6.42 Å². The van der Waals surface area contributed by atoms with Gasteiger partial charge >= 0.3 is 0 Å². The van der Waals surface area contributed by atoms with Crippen molar-refractivity contribution in [2.75, 3.05) is 13.2 Å². The monoisotopic (exact) mass is 324 g/mol. The van der Waals surface area contributed by atoms with Gasteiger partial charge in [-0.15, -0.1) is 0 Å². The average Bonchev–Trinajstić information content (AvgIpc) is 2.37. The summed E-state index contributed by atoms with van der Waals surface area (Å²) in [5.41, 5.74) is 6.46. The number of benzene rings is 1. The van der Waals surface area contributed by atoms with Gasteiger partial charge in [0, 0.05) is 0 Å². The summed E-state index contributed by atoms with van der Waals surface area (Å²) in [7, 11) is 0. The first-order chi connectivity index (χ1) is 8.98. The van der Waals surface area contributed by atoms with Crippen LogP contribution in [0.3, 0.4) is 0 Å². The first-order valence-corrected chi connectivity index (χ1v) is 7.30. The second-order valence-electron chi connectivity index (χ2n) is 5.25. The normalized spacial score (nSPS) is 11.1. The number of halogens is 1. The number of nitriles is 1. The molecule has 0 aliphatic carbocycles. The SMILES string of the molecule is CC(C)(C#N)CCCOc1ccc(CCN)cc1Br. The highest BCUT2D eigenvalue weighted by Gasteiger charge is 2.15. The van der Waals surface area contributed by atoms with Crippen LogP contribution < -0.4 is 10.5 Å². The Hall–Kier alpha value is -1.05. The van der Waals surface area contributed by atoms with Crippen LogP contribution in [0, 0.1) is 16.7 Å². The van der Waals surface area contributed by atoms with Crippen molar-refractivity contribution in [2.24, 2.45) is 11.1 Å². The molecule has 104 valence electrons. The van der Waals surface area contributed by atoms with Crippen LogP contribution in [0.5, 0.6) is 5.75 Å². The molecule has 0 spiro atoms. The first-order valence-electron chi connectivity index (χ1n) is 6.51. The van der Waals surface area contributed by atoms with E-state index in [1.165, 1.54) is 5.56 Å². The third-order valence-corrected chi connectivity index (χ3v) is 3.56. The zero-order valence-electron chi connectivity index (χ0n) is 11.6. The Morgan fingerprint density at radius 3 is 2.74 bits per heavy atom. The van der Waals surface area contributed by atoms with Gasteiger partial charge in [0.1, 0.15) is 5.75 Å². The van der Waals surface area contributed by atoms with Gasteiger partial charge in [-0.1, -0.05) is 6.07 Å². The fourth-order valence-electron chi connectivity index (χ4n) is 1.74. The molecule has 1 aromatic rings. The molecule has 0 heterocycles. The fraction of sp³-hybridized carbons (Fsp3) is 0.533. The predicted octanol–water partition coefficient (Wildman–Crippen LogP) is 3.66. The number of rotatable bonds is 7. The summed E-state index contributed by atoms with van der Waals surface area (Å²) >= 11 is 3.50. The van der Waals surface area contributed by atoms with Gasteiger partial charge in [0.15, 0.2) is 0 Å². The van der Waals surface area contributed by atoms with Crippen LogP contribution in [0.15, 0.2) is 22.7 Å². The Labute approximate surface area is 123 Å². The van der Waals surface area contributed by atoms with Crippen molar-refractivity contribution in [2.45, 2.75) is 33.1 Å². The molecule has 0 bridgehead atoms. The van der Waals surface area contributed by atoms with E-state index in [1.54, 1.807) is 0 Å². The van der Waals surface area contributed by atoms with Gasteiger partial charge in [-0.3, -0.25) is 0 Å². The molecule has 1 rings (SSSR count). The maximum absolute atomic E-state index is 8.93. The standard InChI is InChI=1S/C15H21BrN2O/c1-15(2,11-18)7-3-9-19-14-5-4-12(6-8-17)10-13(14)16/h4-5,10H,3,6-9,17H2,1-2H3. The van der Waals surface area contributed by atoms with Crippen molar-refractivity contribution in [1.82, 2.24) is 0 Å². The highest BCUT2D eigenvalue weighted by molar-refractivity contribution is 9.10. The number of hydrogen-bond acceptors (Lipinski definition) is 3. The topological polar surface area (TPSA) is 59.0 Å². The minimum Gasteiger partial charge on any atom is -0.492 e. The van der Waals surface area contributed by atoms with Crippen LogP contribution in [-0.4, -0.2) is 13.2 Å². The van der Waals surface area contributed by atoms with Gasteiger partial charge in [0.25, 0.3) is 0 Å². The molecule has 0 radical (unpaired) electrons. The third-order valence-electron chi connectivity index (χ3n) is 2.94. The highest BCUT2D eigenvalue weighted by Crippen LogP contribution is 2.27. The lowest BCUT2D eigenvalue weighted by atomic mass is 9.90. The molecule has 0 aliphatic rings. The Morgan fingerprint density at radius 2 is 2.16 bits per heavy atom. The molecule has 0 unspecified atom stereocenters. The van der Waals surface area contributed by atoms with Crippen LogP contribution in [0.2, 0.25) is 0 Å². The summed E-state index contributed by atoms with van der Waals surface area (Å²) in [6.45, 7) is 5.17. The molecule has 0 aromatic heterocycles. The van der Waals surface area contributed by atoms with Gasteiger partial charge in [-0.2, -0.15) is 5.26 Å². The van der Waals surface area contributed by atoms with E-state index in [2.05, 4.69) is 22.0 Å². The molecule has 0 aliphatic heterocycles. The van der Waals surface area contributed by atoms with E-state index >= 15 is 0 Å². The third kappa shape index (κ3) is 5.63. The molecule has 2 N–H and O–H groups in total. The molecule has 0 saturated heterocycles. The second-order valence-corrected chi connectivity index (χ2v) is 6.11. The Kier molecular flexibility index (Phi) is 6.33. The maximum Gasteiger partial charge on any atom is 0.133 e. The summed E-state index contributed by atoms with van der Waals surface area (Å²) in [4.78, 5) is 0. The van der Waals surface area contributed by atoms with Crippen LogP contribution >= 0.6 is 15.9 Å². The summed E-state index contributed by atoms with van der Waals surface area (Å²) in [6.07, 6.45) is 2.58. The lowest BCUT2D eigenvalue weighted by molar-refractivity contribution is 0.283. The smallest absolute Gasteiger partial charge is 0.133 e. The Balaban J connectivity index is 2.44. The summed E-state index contributed by atoms with van der Waals surface area (Å²) in [5.74, 6) is 0.843. The quantitative estimate of drug-likeness (QED) is 0.778. The lowest BCUT2D eigenvalue weighted by Crippen LogP contribution is -2.10. The maximum atomic E-state index is 8.93. The lowest BCUT2D eigenvalue weighted by Gasteiger charge is -2.15. The van der Waals surface area contributed by atoms with Crippen molar-refractivity contribution in [3.05, 3.63) is 28.2 Å². The van der Waals surface area contributed by atoms with Crippen LogP contribution in [0.25, 0.3) is 0 Å². The Morgan fingerprint density at radius 1 is 1.42 bits per heavy atom. The number of nitrogens with zero attached hydrogens (tertiary/aromatic N) is 1. The predicted molar refractivity (Wildman–Crippen MR) is 81.0 cm³/mol. The van der Waals surface area contributed by atoms with Gasteiger partial charge in [-0.25, -0.2) is 0 Å². The zero-order valence-corrected chi connectivity index (χ0v) is 13.2. The molecule has 4 heteroatoms. The number of hydrogen-bond donors (Lipinski definition) is 1. The summed E-state index contributed by atoms with van der Waals surface area (Å²) < 4.78 is 6.68. The first kappa shape index (κ1) is 16.0. The summed E-state index contributed by atoms with van der Waals surface area (Å²) in [6, 6.07) is 8.34. The van der Waals surface area contributed by atoms with E-state index in [4.69, 9.17) is 15.7 Å². The summed E-state index contributed by atoms with van der Waals surface area (Å²) in [5, 5.41) is 8.93. The van der Waals surface area contributed by atoms with Crippen molar-refractivity contribution < 1.29 is 4.74 Å². The van der Waals surface area contributed by atoms with E-state index in [0.29, 0.717) is 13.2 Å². The number of nitrogens with two attached hydrogens (primary N) is 1. The van der Waals surface area contributed by atoms with Crippen LogP contribution in [0.1, 0.15) is 32.3 Å². The Bertz CT molecular complexity index is 452. The van der Waals surface area contributed by atoms with Crippen LogP contribution in [0.4, 0.5) is 0 Å². The second kappa shape index (κ2) is 7.52. The minimum absolute atomic E-state index is 0.272. The van der Waals surface area contributed by atoms with Crippen molar-refractivity contribution >= 4 is 15.9 Å². The highest BCUT2D eigenvalue weighted by atomic mass is 79.9. The molecule has 0 saturated carbocycles. The van der Waals surface area contributed by atoms with E-state index in [-0.39, 0.29) is 5.41 Å². The van der Waals surface area contributed by atoms with E-state index in [9.17, 15) is 0 Å². The van der Waals surface area contributed by atoms with E-state index < -0.39 is 0 Å². The molecule has 0 amide bonds.